The van der Waals surface area contributed by atoms with Gasteiger partial charge in [-0.2, -0.15) is 0 Å². The number of likely N-dealkylation sites (tertiary alicyclic amines) is 1. The molecule has 3 atom stereocenters. The molecule has 1 aliphatic heterocycles. The van der Waals surface area contributed by atoms with Crippen molar-refractivity contribution in [2.24, 2.45) is 5.92 Å². The van der Waals surface area contributed by atoms with Gasteiger partial charge in [-0.25, -0.2) is 0 Å². The van der Waals surface area contributed by atoms with Crippen LogP contribution in [0.5, 0.6) is 5.75 Å². The van der Waals surface area contributed by atoms with Crippen LogP contribution in [0, 0.1) is 5.92 Å². The fourth-order valence-corrected chi connectivity index (χ4v) is 6.93. The van der Waals surface area contributed by atoms with Gasteiger partial charge in [0.1, 0.15) is 11.4 Å². The van der Waals surface area contributed by atoms with E-state index in [0.717, 1.165) is 30.5 Å². The number of phenols is 1. The molecule has 206 valence electrons. The smallest absolute Gasteiger partial charge is 0.303 e. The first kappa shape index (κ1) is 28.7. The Bertz CT molecular complexity index is 1190. The molecule has 4 rings (SSSR count). The number of carbonyl (C=O) groups excluding carboxylic acids is 2. The zero-order valence-electron chi connectivity index (χ0n) is 22.7. The first-order valence-electron chi connectivity index (χ1n) is 13.4. The van der Waals surface area contributed by atoms with Crippen LogP contribution in [0.1, 0.15) is 57.6 Å². The largest absolute Gasteiger partial charge is 0.508 e. The summed E-state index contributed by atoms with van der Waals surface area (Å²) in [6, 6.07) is 12.6. The number of rotatable bonds is 7. The van der Waals surface area contributed by atoms with E-state index in [0.29, 0.717) is 36.0 Å². The fourth-order valence-electron chi connectivity index (χ4n) is 6.61. The Labute approximate surface area is 235 Å². The molecule has 2 aromatic carbocycles. The van der Waals surface area contributed by atoms with Crippen LogP contribution >= 0.6 is 23.2 Å². The maximum Gasteiger partial charge on any atom is 0.303 e. The molecule has 1 saturated heterocycles. The lowest BCUT2D eigenvalue weighted by Gasteiger charge is -2.60. The number of fused-ring (bicyclic) bond motifs is 1. The van der Waals surface area contributed by atoms with Crippen LogP contribution in [0.25, 0.3) is 0 Å². The Morgan fingerprint density at radius 1 is 1.16 bits per heavy atom. The van der Waals surface area contributed by atoms with Crippen LogP contribution in [-0.2, 0) is 26.2 Å². The van der Waals surface area contributed by atoms with Crippen molar-refractivity contribution < 1.29 is 19.4 Å². The molecule has 38 heavy (non-hydrogen) atoms. The zero-order chi connectivity index (χ0) is 27.7. The van der Waals surface area contributed by atoms with E-state index >= 15 is 0 Å². The highest BCUT2D eigenvalue weighted by Gasteiger charge is 2.61. The number of esters is 1. The monoisotopic (exact) mass is 560 g/mol. The van der Waals surface area contributed by atoms with Crippen molar-refractivity contribution in [3.63, 3.8) is 0 Å². The predicted octanol–water partition coefficient (Wildman–Crippen LogP) is 5.85. The van der Waals surface area contributed by atoms with Crippen molar-refractivity contribution in [3.8, 4) is 5.75 Å². The second kappa shape index (κ2) is 11.4. The Kier molecular flexibility index (Phi) is 8.65. The van der Waals surface area contributed by atoms with Crippen LogP contribution in [0.3, 0.4) is 0 Å². The maximum atomic E-state index is 13.8. The summed E-state index contributed by atoms with van der Waals surface area (Å²) in [7, 11) is 2.05. The summed E-state index contributed by atoms with van der Waals surface area (Å²) < 4.78 is 6.25. The van der Waals surface area contributed by atoms with Crippen LogP contribution in [0.15, 0.2) is 42.5 Å². The average molecular weight is 562 g/mol. The third-order valence-electron chi connectivity index (χ3n) is 8.18. The standard InChI is InChI=1S/C30H38Cl2N2O4/c1-20(2)18-34(28(37)15-22-8-9-26(31)27(32)14-22)24-10-11-30(38-21(3)35)19-33(4)13-12-29(30,17-24)23-6-5-7-25(36)16-23/h5-9,14,16,20,24,36H,10-13,15,17-19H2,1-4H3/t24-,29+,30+/m1/s1. The fraction of sp³-hybridized carbons (Fsp3) is 0.533. The molecule has 0 unspecified atom stereocenters. The lowest BCUT2D eigenvalue weighted by molar-refractivity contribution is -0.189. The highest BCUT2D eigenvalue weighted by atomic mass is 35.5. The van der Waals surface area contributed by atoms with Crippen molar-refractivity contribution in [2.75, 3.05) is 26.7 Å². The molecule has 2 fully saturated rings. The van der Waals surface area contributed by atoms with Crippen LogP contribution in [0.2, 0.25) is 10.0 Å². The second-order valence-electron chi connectivity index (χ2n) is 11.5. The summed E-state index contributed by atoms with van der Waals surface area (Å²) >= 11 is 12.3. The van der Waals surface area contributed by atoms with Gasteiger partial charge in [0.25, 0.3) is 0 Å². The molecule has 1 amide bonds. The molecule has 8 heteroatoms. The number of ether oxygens (including phenoxy) is 1. The SMILES string of the molecule is CC(=O)O[C@]12CC[C@@H](N(CC(C)C)C(=O)Cc3ccc(Cl)c(Cl)c3)C[C@]1(c1cccc(O)c1)CCN(C)C2. The van der Waals surface area contributed by atoms with Gasteiger partial charge in [-0.15, -0.1) is 0 Å². The van der Waals surface area contributed by atoms with Crippen LogP contribution < -0.4 is 0 Å². The number of nitrogens with zero attached hydrogens (tertiary/aromatic N) is 2. The lowest BCUT2D eigenvalue weighted by atomic mass is 9.55. The highest BCUT2D eigenvalue weighted by Crippen LogP contribution is 2.54. The van der Waals surface area contributed by atoms with Gasteiger partial charge in [-0.1, -0.05) is 55.2 Å². The Morgan fingerprint density at radius 2 is 1.92 bits per heavy atom. The van der Waals surface area contributed by atoms with Crippen molar-refractivity contribution in [1.82, 2.24) is 9.80 Å². The molecule has 0 aromatic heterocycles. The first-order valence-corrected chi connectivity index (χ1v) is 14.1. The number of likely N-dealkylation sites (N-methyl/N-ethyl adjacent to an activating group) is 1. The number of hydrogen-bond donors (Lipinski definition) is 1. The number of halogens is 2. The maximum absolute atomic E-state index is 13.8. The van der Waals surface area contributed by atoms with Crippen molar-refractivity contribution >= 4 is 35.1 Å². The van der Waals surface area contributed by atoms with E-state index in [9.17, 15) is 14.7 Å². The molecule has 6 nitrogen and oxygen atoms in total. The summed E-state index contributed by atoms with van der Waals surface area (Å²) in [5.74, 6) is 0.200. The highest BCUT2D eigenvalue weighted by molar-refractivity contribution is 6.42. The Balaban J connectivity index is 1.73. The molecule has 2 aromatic rings. The van der Waals surface area contributed by atoms with Crippen LogP contribution in [-0.4, -0.2) is 65.1 Å². The third-order valence-corrected chi connectivity index (χ3v) is 8.92. The summed E-state index contributed by atoms with van der Waals surface area (Å²) in [5, 5.41) is 11.3. The number of aromatic hydroxyl groups is 1. The number of phenolic OH excluding ortho intramolecular Hbond substituents is 1. The third kappa shape index (κ3) is 5.83. The summed E-state index contributed by atoms with van der Waals surface area (Å²) in [5.41, 5.74) is 0.501. The predicted molar refractivity (Wildman–Crippen MR) is 151 cm³/mol. The molecular formula is C30H38Cl2N2O4. The van der Waals surface area contributed by atoms with Gasteiger partial charge < -0.3 is 19.6 Å². The van der Waals surface area contributed by atoms with E-state index in [1.54, 1.807) is 24.3 Å². The number of amides is 1. The van der Waals surface area contributed by atoms with Gasteiger partial charge in [0, 0.05) is 31.5 Å². The molecule has 2 aliphatic rings. The van der Waals surface area contributed by atoms with E-state index in [4.69, 9.17) is 27.9 Å². The van der Waals surface area contributed by atoms with Gasteiger partial charge in [0.15, 0.2) is 0 Å². The zero-order valence-corrected chi connectivity index (χ0v) is 24.2. The molecule has 0 bridgehead atoms. The minimum Gasteiger partial charge on any atom is -0.508 e. The van der Waals surface area contributed by atoms with Gasteiger partial charge in [-0.05, 0) is 80.6 Å². The van der Waals surface area contributed by atoms with Gasteiger partial charge >= 0.3 is 5.97 Å². The van der Waals surface area contributed by atoms with E-state index in [1.807, 2.05) is 23.1 Å². The second-order valence-corrected chi connectivity index (χ2v) is 12.3. The van der Waals surface area contributed by atoms with Crippen molar-refractivity contribution in [3.05, 3.63) is 63.6 Å². The molecule has 1 N–H and O–H groups in total. The van der Waals surface area contributed by atoms with E-state index in [1.165, 1.54) is 6.92 Å². The van der Waals surface area contributed by atoms with E-state index < -0.39 is 11.0 Å². The molecule has 1 saturated carbocycles. The van der Waals surface area contributed by atoms with Gasteiger partial charge in [-0.3, -0.25) is 9.59 Å². The quantitative estimate of drug-likeness (QED) is 0.430. The van der Waals surface area contributed by atoms with Gasteiger partial charge in [0.2, 0.25) is 5.91 Å². The molecule has 1 aliphatic carbocycles. The first-order chi connectivity index (χ1) is 17.9. The molecule has 1 heterocycles. The Morgan fingerprint density at radius 3 is 2.58 bits per heavy atom. The van der Waals surface area contributed by atoms with E-state index in [2.05, 4.69) is 25.8 Å². The topological polar surface area (TPSA) is 70.1 Å². The lowest BCUT2D eigenvalue weighted by Crippen LogP contribution is -2.68. The number of hydrogen-bond acceptors (Lipinski definition) is 5. The minimum atomic E-state index is -0.744. The molecular weight excluding hydrogens is 523 g/mol. The van der Waals surface area contributed by atoms with Crippen LogP contribution in [0.4, 0.5) is 0 Å². The number of piperidine rings is 1. The number of carbonyl (C=O) groups is 2. The van der Waals surface area contributed by atoms with Crippen molar-refractivity contribution in [2.45, 2.75) is 69.9 Å². The summed E-state index contributed by atoms with van der Waals surface area (Å²) in [6.45, 7) is 7.76. The van der Waals surface area contributed by atoms with Gasteiger partial charge in [0.05, 0.1) is 16.5 Å². The normalized spacial score (nSPS) is 25.6. The average Bonchev–Trinajstić information content (AvgIpc) is 2.84. The Hall–Kier alpha value is -2.28. The summed E-state index contributed by atoms with van der Waals surface area (Å²) in [4.78, 5) is 30.5. The number of benzene rings is 2. The molecule has 0 radical (unpaired) electrons. The molecule has 0 spiro atoms. The summed E-state index contributed by atoms with van der Waals surface area (Å²) in [6.07, 6.45) is 3.00. The minimum absolute atomic E-state index is 0.0397. The van der Waals surface area contributed by atoms with Crippen molar-refractivity contribution in [1.29, 1.82) is 0 Å². The van der Waals surface area contributed by atoms with E-state index in [-0.39, 0.29) is 36.0 Å².